The van der Waals surface area contributed by atoms with E-state index < -0.39 is 0 Å². The van der Waals surface area contributed by atoms with Crippen LogP contribution in [0.2, 0.25) is 0 Å². The predicted octanol–water partition coefficient (Wildman–Crippen LogP) is 4.07. The third-order valence-corrected chi connectivity index (χ3v) is 5.80. The highest BCUT2D eigenvalue weighted by Crippen LogP contribution is 2.35. The molecule has 1 saturated carbocycles. The summed E-state index contributed by atoms with van der Waals surface area (Å²) in [5, 5.41) is 5.02. The Morgan fingerprint density at radius 2 is 1.81 bits per heavy atom. The number of anilines is 1. The Bertz CT molecular complexity index is 463. The fraction of sp³-hybridized carbons (Fsp3) is 0.824. The fourth-order valence-corrected chi connectivity index (χ4v) is 4.73. The minimum atomic E-state index is 0.140. The van der Waals surface area contributed by atoms with Gasteiger partial charge in [-0.1, -0.05) is 33.6 Å². The second-order valence-corrected chi connectivity index (χ2v) is 8.64. The van der Waals surface area contributed by atoms with Crippen LogP contribution in [0.15, 0.2) is 0 Å². The highest BCUT2D eigenvalue weighted by molar-refractivity contribution is 7.15. The van der Waals surface area contributed by atoms with Gasteiger partial charge in [0.2, 0.25) is 0 Å². The SMILES string of the molecule is CC(C)(C)c1nc(N2CCCC2)sc1CNC1CCCC1. The van der Waals surface area contributed by atoms with Gasteiger partial charge in [0.1, 0.15) is 0 Å². The van der Waals surface area contributed by atoms with Gasteiger partial charge in [0, 0.05) is 36.0 Å². The first-order valence-electron chi connectivity index (χ1n) is 8.52. The lowest BCUT2D eigenvalue weighted by atomic mass is 9.91. The molecular formula is C17H29N3S. The zero-order chi connectivity index (χ0) is 14.9. The van der Waals surface area contributed by atoms with E-state index in [9.17, 15) is 0 Å². The smallest absolute Gasteiger partial charge is 0.185 e. The summed E-state index contributed by atoms with van der Waals surface area (Å²) >= 11 is 1.92. The van der Waals surface area contributed by atoms with Gasteiger partial charge in [0.15, 0.2) is 5.13 Å². The first-order valence-corrected chi connectivity index (χ1v) is 9.34. The maximum atomic E-state index is 5.01. The monoisotopic (exact) mass is 307 g/mol. The first kappa shape index (κ1) is 15.3. The highest BCUT2D eigenvalue weighted by Gasteiger charge is 2.26. The van der Waals surface area contributed by atoms with Gasteiger partial charge >= 0.3 is 0 Å². The fourth-order valence-electron chi connectivity index (χ4n) is 3.46. The topological polar surface area (TPSA) is 28.2 Å². The van der Waals surface area contributed by atoms with Crippen LogP contribution in [0.1, 0.15) is 69.9 Å². The molecule has 3 rings (SSSR count). The molecule has 4 heteroatoms. The summed E-state index contributed by atoms with van der Waals surface area (Å²) in [5.74, 6) is 0. The Kier molecular flexibility index (Phi) is 4.55. The molecule has 1 aromatic rings. The minimum absolute atomic E-state index is 0.140. The number of hydrogen-bond acceptors (Lipinski definition) is 4. The molecule has 0 amide bonds. The predicted molar refractivity (Wildman–Crippen MR) is 91.4 cm³/mol. The van der Waals surface area contributed by atoms with E-state index in [0.717, 1.165) is 12.6 Å². The maximum Gasteiger partial charge on any atom is 0.185 e. The third kappa shape index (κ3) is 3.59. The van der Waals surface area contributed by atoms with Crippen molar-refractivity contribution in [1.29, 1.82) is 0 Å². The van der Waals surface area contributed by atoms with Crippen molar-refractivity contribution in [3.63, 3.8) is 0 Å². The van der Waals surface area contributed by atoms with E-state index in [1.165, 1.54) is 67.3 Å². The van der Waals surface area contributed by atoms with Gasteiger partial charge in [-0.2, -0.15) is 0 Å². The summed E-state index contributed by atoms with van der Waals surface area (Å²) in [6.07, 6.45) is 8.13. The summed E-state index contributed by atoms with van der Waals surface area (Å²) in [7, 11) is 0. The maximum absolute atomic E-state index is 5.01. The zero-order valence-corrected chi connectivity index (χ0v) is 14.6. The molecule has 2 fully saturated rings. The van der Waals surface area contributed by atoms with Crippen LogP contribution in [0.4, 0.5) is 5.13 Å². The highest BCUT2D eigenvalue weighted by atomic mass is 32.1. The van der Waals surface area contributed by atoms with E-state index in [1.807, 2.05) is 11.3 Å². The number of nitrogens with one attached hydrogen (secondary N) is 1. The molecular weight excluding hydrogens is 278 g/mol. The van der Waals surface area contributed by atoms with Gasteiger partial charge < -0.3 is 10.2 Å². The average molecular weight is 308 g/mol. The number of thiazole rings is 1. The van der Waals surface area contributed by atoms with Crippen LogP contribution in [-0.2, 0) is 12.0 Å². The summed E-state index contributed by atoms with van der Waals surface area (Å²) in [4.78, 5) is 8.94. The standard InChI is InChI=1S/C17H29N3S/c1-17(2,3)15-14(12-18-13-8-4-5-9-13)21-16(19-15)20-10-6-7-11-20/h13,18H,4-12H2,1-3H3. The minimum Gasteiger partial charge on any atom is -0.348 e. The Balaban J connectivity index is 1.75. The summed E-state index contributed by atoms with van der Waals surface area (Å²) < 4.78 is 0. The molecule has 0 unspecified atom stereocenters. The van der Waals surface area contributed by atoms with Crippen LogP contribution in [0, 0.1) is 0 Å². The molecule has 1 N–H and O–H groups in total. The van der Waals surface area contributed by atoms with E-state index >= 15 is 0 Å². The second kappa shape index (κ2) is 6.25. The van der Waals surface area contributed by atoms with Crippen molar-refractivity contribution < 1.29 is 0 Å². The van der Waals surface area contributed by atoms with Crippen molar-refractivity contribution in [2.75, 3.05) is 18.0 Å². The number of nitrogens with zero attached hydrogens (tertiary/aromatic N) is 2. The van der Waals surface area contributed by atoms with Crippen LogP contribution in [0.5, 0.6) is 0 Å². The summed E-state index contributed by atoms with van der Waals surface area (Å²) in [5.41, 5.74) is 1.45. The van der Waals surface area contributed by atoms with Crippen LogP contribution in [0.25, 0.3) is 0 Å². The lowest BCUT2D eigenvalue weighted by Crippen LogP contribution is -2.26. The normalized spacial score (nSPS) is 20.6. The molecule has 3 nitrogen and oxygen atoms in total. The van der Waals surface area contributed by atoms with E-state index in [4.69, 9.17) is 4.98 Å². The number of rotatable bonds is 4. The van der Waals surface area contributed by atoms with Crippen molar-refractivity contribution in [3.05, 3.63) is 10.6 Å². The second-order valence-electron chi connectivity index (χ2n) is 7.57. The third-order valence-electron chi connectivity index (χ3n) is 4.68. The molecule has 2 heterocycles. The largest absolute Gasteiger partial charge is 0.348 e. The Morgan fingerprint density at radius 3 is 2.43 bits per heavy atom. The van der Waals surface area contributed by atoms with Crippen LogP contribution < -0.4 is 10.2 Å². The van der Waals surface area contributed by atoms with Gasteiger partial charge in [0.25, 0.3) is 0 Å². The molecule has 0 bridgehead atoms. The molecule has 1 aliphatic carbocycles. The quantitative estimate of drug-likeness (QED) is 0.908. The Hall–Kier alpha value is -0.610. The van der Waals surface area contributed by atoms with Crippen molar-refractivity contribution in [2.45, 2.75) is 77.3 Å². The molecule has 0 atom stereocenters. The molecule has 0 aromatic carbocycles. The van der Waals surface area contributed by atoms with E-state index in [0.29, 0.717) is 0 Å². The molecule has 0 radical (unpaired) electrons. The lowest BCUT2D eigenvalue weighted by molar-refractivity contribution is 0.513. The van der Waals surface area contributed by atoms with Crippen molar-refractivity contribution >= 4 is 16.5 Å². The van der Waals surface area contributed by atoms with Crippen molar-refractivity contribution in [1.82, 2.24) is 10.3 Å². The number of hydrogen-bond donors (Lipinski definition) is 1. The van der Waals surface area contributed by atoms with Gasteiger partial charge in [-0.3, -0.25) is 0 Å². The van der Waals surface area contributed by atoms with Gasteiger partial charge in [-0.05, 0) is 25.7 Å². The van der Waals surface area contributed by atoms with Crippen LogP contribution in [-0.4, -0.2) is 24.1 Å². The lowest BCUT2D eigenvalue weighted by Gasteiger charge is -2.19. The molecule has 2 aliphatic rings. The van der Waals surface area contributed by atoms with E-state index in [2.05, 4.69) is 31.0 Å². The molecule has 1 saturated heterocycles. The van der Waals surface area contributed by atoms with Crippen molar-refractivity contribution in [3.8, 4) is 0 Å². The van der Waals surface area contributed by atoms with Gasteiger partial charge in [0.05, 0.1) is 5.69 Å². The van der Waals surface area contributed by atoms with Gasteiger partial charge in [-0.15, -0.1) is 11.3 Å². The zero-order valence-electron chi connectivity index (χ0n) is 13.7. The molecule has 0 spiro atoms. The number of aromatic nitrogens is 1. The van der Waals surface area contributed by atoms with E-state index in [1.54, 1.807) is 0 Å². The van der Waals surface area contributed by atoms with Crippen molar-refractivity contribution in [2.24, 2.45) is 0 Å². The Labute approximate surface area is 133 Å². The molecule has 21 heavy (non-hydrogen) atoms. The van der Waals surface area contributed by atoms with Gasteiger partial charge in [-0.25, -0.2) is 4.98 Å². The Morgan fingerprint density at radius 1 is 1.14 bits per heavy atom. The molecule has 1 aliphatic heterocycles. The first-order chi connectivity index (χ1) is 10.0. The molecule has 118 valence electrons. The van der Waals surface area contributed by atoms with E-state index in [-0.39, 0.29) is 5.41 Å². The average Bonchev–Trinajstić information content (AvgIpc) is 3.16. The summed E-state index contributed by atoms with van der Waals surface area (Å²) in [6, 6.07) is 0.732. The molecule has 1 aromatic heterocycles. The van der Waals surface area contributed by atoms with Crippen LogP contribution in [0.3, 0.4) is 0 Å². The summed E-state index contributed by atoms with van der Waals surface area (Å²) in [6.45, 7) is 10.2. The van der Waals surface area contributed by atoms with Crippen LogP contribution >= 0.6 is 11.3 Å².